The summed E-state index contributed by atoms with van der Waals surface area (Å²) in [5.74, 6) is 0.375. The van der Waals surface area contributed by atoms with Gasteiger partial charge in [0, 0.05) is 12.4 Å². The molecule has 2 aromatic rings. The fourth-order valence-corrected chi connectivity index (χ4v) is 4.25. The zero-order chi connectivity index (χ0) is 15.6. The van der Waals surface area contributed by atoms with Crippen molar-refractivity contribution >= 4 is 73.7 Å². The summed E-state index contributed by atoms with van der Waals surface area (Å²) in [6.07, 6.45) is -0.122. The standard InChI is InChI=1S/C14H9I3O4.Na/c15-9-6-8(1-2-12(9)18)21-14-10(16)3-7(4-11(14)17)5-13(19)20;/h1-4,6,18H,5H2,(H,19,20);/q;+1/p-1. The van der Waals surface area contributed by atoms with E-state index in [0.717, 1.165) is 7.14 Å². The Hall–Kier alpha value is 0.700. The van der Waals surface area contributed by atoms with Crippen molar-refractivity contribution in [3.8, 4) is 17.2 Å². The summed E-state index contributed by atoms with van der Waals surface area (Å²) in [6, 6.07) is 8.51. The van der Waals surface area contributed by atoms with E-state index in [-0.39, 0.29) is 41.7 Å². The summed E-state index contributed by atoms with van der Waals surface area (Å²) < 4.78 is 8.18. The predicted octanol–water partition coefficient (Wildman–Crippen LogP) is 0.295. The smallest absolute Gasteiger partial charge is 0.550 e. The van der Waals surface area contributed by atoms with Gasteiger partial charge in [-0.2, -0.15) is 0 Å². The minimum atomic E-state index is -1.11. The van der Waals surface area contributed by atoms with Crippen LogP contribution in [-0.4, -0.2) is 11.1 Å². The maximum atomic E-state index is 10.7. The van der Waals surface area contributed by atoms with Crippen molar-refractivity contribution in [2.75, 3.05) is 0 Å². The van der Waals surface area contributed by atoms with Crippen LogP contribution in [0.4, 0.5) is 0 Å². The van der Waals surface area contributed by atoms with E-state index in [9.17, 15) is 15.0 Å². The quantitative estimate of drug-likeness (QED) is 0.385. The molecule has 0 fully saturated rings. The molecule has 110 valence electrons. The maximum absolute atomic E-state index is 10.7. The average molecular weight is 644 g/mol. The Kier molecular flexibility index (Phi) is 8.72. The Morgan fingerprint density at radius 3 is 2.18 bits per heavy atom. The number of phenols is 1. The van der Waals surface area contributed by atoms with Crippen LogP contribution in [-0.2, 0) is 11.2 Å². The van der Waals surface area contributed by atoms with Crippen LogP contribution in [0.25, 0.3) is 0 Å². The number of carboxylic acid groups (broad SMARTS) is 1. The van der Waals surface area contributed by atoms with Gasteiger partial charge in [0.25, 0.3) is 0 Å². The Bertz CT molecular complexity index is 683. The Morgan fingerprint density at radius 2 is 1.68 bits per heavy atom. The van der Waals surface area contributed by atoms with E-state index in [0.29, 0.717) is 20.6 Å². The predicted molar refractivity (Wildman–Crippen MR) is 101 cm³/mol. The van der Waals surface area contributed by atoms with Gasteiger partial charge in [-0.15, -0.1) is 0 Å². The van der Waals surface area contributed by atoms with Crippen molar-refractivity contribution in [3.63, 3.8) is 0 Å². The Labute approximate surface area is 190 Å². The zero-order valence-corrected chi connectivity index (χ0v) is 19.9. The number of carbonyl (C=O) groups is 1. The molecular weight excluding hydrogens is 636 g/mol. The summed E-state index contributed by atoms with van der Waals surface area (Å²) in [4.78, 5) is 10.7. The van der Waals surface area contributed by atoms with E-state index in [1.54, 1.807) is 30.3 Å². The number of hydrogen-bond acceptors (Lipinski definition) is 4. The van der Waals surface area contributed by atoms with Gasteiger partial charge in [0.15, 0.2) is 5.75 Å². The third-order valence-corrected chi connectivity index (χ3v) is 5.01. The number of ether oxygens (including phenoxy) is 1. The van der Waals surface area contributed by atoms with Crippen LogP contribution in [0.5, 0.6) is 17.2 Å². The van der Waals surface area contributed by atoms with Crippen molar-refractivity contribution < 1.29 is 49.3 Å². The van der Waals surface area contributed by atoms with Crippen molar-refractivity contribution in [2.45, 2.75) is 6.42 Å². The van der Waals surface area contributed by atoms with Gasteiger partial charge in [0.1, 0.15) is 11.5 Å². The second-order valence-corrected chi connectivity index (χ2v) is 7.64. The third kappa shape index (κ3) is 5.65. The Morgan fingerprint density at radius 1 is 1.09 bits per heavy atom. The van der Waals surface area contributed by atoms with Gasteiger partial charge in [0.05, 0.1) is 10.7 Å². The minimum Gasteiger partial charge on any atom is -0.550 e. The molecule has 0 spiro atoms. The molecule has 0 saturated carbocycles. The molecule has 4 nitrogen and oxygen atoms in total. The van der Waals surface area contributed by atoms with E-state index in [1.807, 2.05) is 22.6 Å². The minimum absolute atomic E-state index is 0. The number of halogens is 3. The third-order valence-electron chi connectivity index (χ3n) is 2.55. The van der Waals surface area contributed by atoms with E-state index in [1.165, 1.54) is 0 Å². The summed E-state index contributed by atoms with van der Waals surface area (Å²) >= 11 is 6.23. The molecule has 0 amide bonds. The van der Waals surface area contributed by atoms with Crippen LogP contribution >= 0.6 is 67.8 Å². The molecule has 0 radical (unpaired) electrons. The first kappa shape index (κ1) is 20.7. The molecule has 1 N–H and O–H groups in total. The number of benzene rings is 2. The molecule has 22 heavy (non-hydrogen) atoms. The number of carbonyl (C=O) groups excluding carboxylic acids is 1. The van der Waals surface area contributed by atoms with Gasteiger partial charge in [0.2, 0.25) is 0 Å². The molecule has 0 heterocycles. The van der Waals surface area contributed by atoms with Crippen molar-refractivity contribution in [2.24, 2.45) is 0 Å². The molecule has 0 aliphatic carbocycles. The fourth-order valence-electron chi connectivity index (χ4n) is 1.65. The van der Waals surface area contributed by atoms with E-state index in [4.69, 9.17) is 4.74 Å². The molecule has 0 bridgehead atoms. The van der Waals surface area contributed by atoms with Gasteiger partial charge in [-0.3, -0.25) is 0 Å². The SMILES string of the molecule is O=C([O-])Cc1cc(I)c(Oc2ccc(O)c(I)c2)c(I)c1.[Na+]. The molecule has 2 aromatic carbocycles. The topological polar surface area (TPSA) is 69.6 Å². The van der Waals surface area contributed by atoms with Gasteiger partial charge in [-0.1, -0.05) is 0 Å². The average Bonchev–Trinajstić information content (AvgIpc) is 2.37. The molecule has 0 unspecified atom stereocenters. The van der Waals surface area contributed by atoms with Crippen molar-refractivity contribution in [1.82, 2.24) is 0 Å². The molecule has 2 rings (SSSR count). The summed E-state index contributed by atoms with van der Waals surface area (Å²) in [6.45, 7) is 0. The Balaban J connectivity index is 0.00000242. The molecule has 0 atom stereocenters. The summed E-state index contributed by atoms with van der Waals surface area (Å²) in [5.41, 5.74) is 0.677. The summed E-state index contributed by atoms with van der Waals surface area (Å²) in [7, 11) is 0. The number of phenolic OH excluding ortho intramolecular Hbond substituents is 1. The van der Waals surface area contributed by atoms with Crippen LogP contribution in [0.3, 0.4) is 0 Å². The van der Waals surface area contributed by atoms with Gasteiger partial charge in [-0.25, -0.2) is 0 Å². The van der Waals surface area contributed by atoms with Crippen LogP contribution in [0, 0.1) is 10.7 Å². The van der Waals surface area contributed by atoms with Crippen molar-refractivity contribution in [1.29, 1.82) is 0 Å². The second-order valence-electron chi connectivity index (χ2n) is 4.15. The normalized spacial score (nSPS) is 9.95. The van der Waals surface area contributed by atoms with Gasteiger partial charge < -0.3 is 19.7 Å². The van der Waals surface area contributed by atoms with Crippen LogP contribution in [0.2, 0.25) is 0 Å². The monoisotopic (exact) mass is 644 g/mol. The van der Waals surface area contributed by atoms with Crippen LogP contribution in [0.15, 0.2) is 30.3 Å². The van der Waals surface area contributed by atoms with E-state index >= 15 is 0 Å². The van der Waals surface area contributed by atoms with Crippen LogP contribution in [0.1, 0.15) is 5.56 Å². The van der Waals surface area contributed by atoms with Crippen molar-refractivity contribution in [3.05, 3.63) is 46.6 Å². The maximum Gasteiger partial charge on any atom is 1.00 e. The van der Waals surface area contributed by atoms with Gasteiger partial charge in [-0.05, 0) is 104 Å². The molecule has 8 heteroatoms. The number of aliphatic carboxylic acids is 1. The second kappa shape index (κ2) is 9.25. The first-order valence-electron chi connectivity index (χ1n) is 5.71. The van der Waals surface area contributed by atoms with Gasteiger partial charge >= 0.3 is 29.6 Å². The molecule has 0 aliphatic heterocycles. The number of hydrogen-bond donors (Lipinski definition) is 1. The fraction of sp³-hybridized carbons (Fsp3) is 0.0714. The van der Waals surface area contributed by atoms with E-state index in [2.05, 4.69) is 45.2 Å². The molecule has 0 saturated heterocycles. The molecular formula is C14H8I3NaO4. The van der Waals surface area contributed by atoms with Crippen LogP contribution < -0.4 is 39.4 Å². The molecule has 0 aromatic heterocycles. The zero-order valence-electron chi connectivity index (χ0n) is 11.4. The van der Waals surface area contributed by atoms with E-state index < -0.39 is 5.97 Å². The largest absolute Gasteiger partial charge is 1.00 e. The summed E-state index contributed by atoms with van der Waals surface area (Å²) in [5, 5.41) is 20.2. The number of carboxylic acids is 1. The number of rotatable bonds is 4. The first-order chi connectivity index (χ1) is 9.86. The number of aromatic hydroxyl groups is 1. The molecule has 0 aliphatic rings. The first-order valence-corrected chi connectivity index (χ1v) is 8.94.